The van der Waals surface area contributed by atoms with Gasteiger partial charge in [0.05, 0.1) is 24.3 Å². The summed E-state index contributed by atoms with van der Waals surface area (Å²) in [6.45, 7) is 0. The van der Waals surface area contributed by atoms with Gasteiger partial charge in [-0.3, -0.25) is 0 Å². The molecule has 3 nitrogen and oxygen atoms in total. The molecule has 90 valence electrons. The molecule has 0 aliphatic heterocycles. The number of carbonyl (C=O) groups is 1. The Morgan fingerprint density at radius 2 is 2.24 bits per heavy atom. The predicted molar refractivity (Wildman–Crippen MR) is 60.1 cm³/mol. The van der Waals surface area contributed by atoms with E-state index in [-0.39, 0.29) is 16.5 Å². The van der Waals surface area contributed by atoms with E-state index in [1.807, 2.05) is 0 Å². The van der Waals surface area contributed by atoms with Crippen molar-refractivity contribution >= 4 is 21.9 Å². The third kappa shape index (κ3) is 2.80. The summed E-state index contributed by atoms with van der Waals surface area (Å²) in [7, 11) is 1.17. The van der Waals surface area contributed by atoms with Gasteiger partial charge >= 0.3 is 5.97 Å². The van der Waals surface area contributed by atoms with Crippen LogP contribution < -0.4 is 0 Å². The number of hydrogen-bond acceptors (Lipinski definition) is 3. The summed E-state index contributed by atoms with van der Waals surface area (Å²) in [5.41, 5.74) is -0.115. The lowest BCUT2D eigenvalue weighted by molar-refractivity contribution is 0.0599. The third-order valence-electron chi connectivity index (χ3n) is 2.18. The quantitative estimate of drug-likeness (QED) is 0.636. The van der Waals surface area contributed by atoms with Crippen molar-refractivity contribution in [1.82, 2.24) is 0 Å². The summed E-state index contributed by atoms with van der Waals surface area (Å²) >= 11 is 3.13. The largest absolute Gasteiger partial charge is 0.465 e. The Bertz CT molecular complexity index is 483. The van der Waals surface area contributed by atoms with Crippen LogP contribution in [0, 0.1) is 11.3 Å². The predicted octanol–water partition coefficient (Wildman–Crippen LogP) is 3.18. The highest BCUT2D eigenvalue weighted by Crippen LogP contribution is 2.27. The van der Waals surface area contributed by atoms with Crippen LogP contribution in [0.2, 0.25) is 0 Å². The monoisotopic (exact) mass is 303 g/mol. The van der Waals surface area contributed by atoms with Crippen LogP contribution in [0.25, 0.3) is 0 Å². The van der Waals surface area contributed by atoms with Crippen molar-refractivity contribution in [2.75, 3.05) is 7.11 Å². The number of nitriles is 1. The zero-order chi connectivity index (χ0) is 13.0. The van der Waals surface area contributed by atoms with Crippen LogP contribution in [0.1, 0.15) is 33.5 Å². The summed E-state index contributed by atoms with van der Waals surface area (Å²) in [5, 5.41) is 9.03. The standard InChI is InChI=1S/C11H8BrF2NO2/c1-17-11(16)9-3-8(10(13)14)7(5-15)2-6(9)4-12/h2-3,10H,4H2,1H3. The molecule has 0 unspecified atom stereocenters. The minimum absolute atomic E-state index is 0.0404. The molecule has 0 spiro atoms. The van der Waals surface area contributed by atoms with E-state index in [4.69, 9.17) is 5.26 Å². The van der Waals surface area contributed by atoms with Crippen LogP contribution in [0.4, 0.5) is 8.78 Å². The van der Waals surface area contributed by atoms with Gasteiger partial charge in [-0.25, -0.2) is 13.6 Å². The highest BCUT2D eigenvalue weighted by molar-refractivity contribution is 9.08. The maximum Gasteiger partial charge on any atom is 0.338 e. The van der Waals surface area contributed by atoms with E-state index in [9.17, 15) is 13.6 Å². The molecule has 0 aliphatic carbocycles. The number of hydrogen-bond donors (Lipinski definition) is 0. The van der Waals surface area contributed by atoms with E-state index in [1.165, 1.54) is 13.2 Å². The first kappa shape index (κ1) is 13.6. The van der Waals surface area contributed by atoms with E-state index in [2.05, 4.69) is 20.7 Å². The van der Waals surface area contributed by atoms with Crippen LogP contribution >= 0.6 is 15.9 Å². The Labute approximate surface area is 105 Å². The first-order chi connectivity index (χ1) is 8.04. The number of nitrogens with zero attached hydrogens (tertiary/aromatic N) is 1. The van der Waals surface area contributed by atoms with Crippen LogP contribution in [0.15, 0.2) is 12.1 Å². The number of alkyl halides is 3. The molecule has 1 aromatic carbocycles. The molecule has 0 bridgehead atoms. The zero-order valence-corrected chi connectivity index (χ0v) is 10.4. The number of ether oxygens (including phenoxy) is 1. The molecule has 0 aliphatic rings. The van der Waals surface area contributed by atoms with E-state index < -0.39 is 18.0 Å². The van der Waals surface area contributed by atoms with Crippen molar-refractivity contribution in [1.29, 1.82) is 5.26 Å². The highest BCUT2D eigenvalue weighted by atomic mass is 79.9. The lowest BCUT2D eigenvalue weighted by atomic mass is 10.00. The second kappa shape index (κ2) is 5.73. The summed E-state index contributed by atoms with van der Waals surface area (Å²) in [5.74, 6) is -0.703. The minimum atomic E-state index is -2.81. The molecule has 0 atom stereocenters. The molecule has 1 aromatic rings. The fourth-order valence-corrected chi connectivity index (χ4v) is 1.81. The number of rotatable bonds is 3. The Hall–Kier alpha value is -1.48. The first-order valence-corrected chi connectivity index (χ1v) is 5.66. The zero-order valence-electron chi connectivity index (χ0n) is 8.84. The van der Waals surface area contributed by atoms with Crippen LogP contribution in [0.5, 0.6) is 0 Å². The van der Waals surface area contributed by atoms with Gasteiger partial charge in [0.15, 0.2) is 0 Å². The SMILES string of the molecule is COC(=O)c1cc(C(F)F)c(C#N)cc1CBr. The third-order valence-corrected chi connectivity index (χ3v) is 2.78. The van der Waals surface area contributed by atoms with Gasteiger partial charge in [0.2, 0.25) is 0 Å². The highest BCUT2D eigenvalue weighted by Gasteiger charge is 2.20. The summed E-state index contributed by atoms with van der Waals surface area (Å²) in [6.07, 6.45) is -2.81. The average Bonchev–Trinajstić information content (AvgIpc) is 2.35. The van der Waals surface area contributed by atoms with Crippen molar-refractivity contribution in [3.05, 3.63) is 34.4 Å². The number of benzene rings is 1. The normalized spacial score (nSPS) is 10.1. The topological polar surface area (TPSA) is 50.1 Å². The average molecular weight is 304 g/mol. The van der Waals surface area contributed by atoms with Crippen LogP contribution in [0.3, 0.4) is 0 Å². The molecule has 1 rings (SSSR count). The molecular formula is C11H8BrF2NO2. The van der Waals surface area contributed by atoms with Crippen molar-refractivity contribution in [3.8, 4) is 6.07 Å². The van der Waals surface area contributed by atoms with Gasteiger partial charge in [-0.15, -0.1) is 0 Å². The maximum absolute atomic E-state index is 12.7. The number of carbonyl (C=O) groups excluding carboxylic acids is 1. The van der Waals surface area contributed by atoms with Gasteiger partial charge in [-0.1, -0.05) is 15.9 Å². The summed E-state index contributed by atoms with van der Waals surface area (Å²) in [4.78, 5) is 11.4. The second-order valence-electron chi connectivity index (χ2n) is 3.13. The van der Waals surface area contributed by atoms with Crippen molar-refractivity contribution in [3.63, 3.8) is 0 Å². The van der Waals surface area contributed by atoms with Crippen LogP contribution in [-0.4, -0.2) is 13.1 Å². The van der Waals surface area contributed by atoms with Crippen molar-refractivity contribution in [2.45, 2.75) is 11.8 Å². The van der Waals surface area contributed by atoms with E-state index in [0.29, 0.717) is 5.56 Å². The number of methoxy groups -OCH3 is 1. The smallest absolute Gasteiger partial charge is 0.338 e. The van der Waals surface area contributed by atoms with Crippen molar-refractivity contribution < 1.29 is 18.3 Å². The molecule has 0 heterocycles. The fraction of sp³-hybridized carbons (Fsp3) is 0.273. The molecule has 0 saturated carbocycles. The lowest BCUT2D eigenvalue weighted by Gasteiger charge is -2.10. The minimum Gasteiger partial charge on any atom is -0.465 e. The summed E-state index contributed by atoms with van der Waals surface area (Å²) < 4.78 is 29.9. The van der Waals surface area contributed by atoms with Gasteiger partial charge in [-0.2, -0.15) is 5.26 Å². The fourth-order valence-electron chi connectivity index (χ4n) is 1.35. The molecule has 0 saturated heterocycles. The number of esters is 1. The van der Waals surface area contributed by atoms with Gasteiger partial charge in [0.25, 0.3) is 6.43 Å². The maximum atomic E-state index is 12.7. The number of halogens is 3. The van der Waals surface area contributed by atoms with E-state index >= 15 is 0 Å². The van der Waals surface area contributed by atoms with Gasteiger partial charge in [0.1, 0.15) is 0 Å². The Morgan fingerprint density at radius 1 is 1.59 bits per heavy atom. The Kier molecular flexibility index (Phi) is 4.58. The molecule has 17 heavy (non-hydrogen) atoms. The molecular weight excluding hydrogens is 296 g/mol. The van der Waals surface area contributed by atoms with Gasteiger partial charge < -0.3 is 4.74 Å². The molecule has 0 N–H and O–H groups in total. The van der Waals surface area contributed by atoms with Gasteiger partial charge in [0, 0.05) is 10.9 Å². The Morgan fingerprint density at radius 3 is 2.65 bits per heavy atom. The summed E-state index contributed by atoms with van der Waals surface area (Å²) in [6, 6.07) is 3.95. The lowest BCUT2D eigenvalue weighted by Crippen LogP contribution is -2.07. The molecule has 0 aromatic heterocycles. The van der Waals surface area contributed by atoms with E-state index in [0.717, 1.165) is 6.07 Å². The van der Waals surface area contributed by atoms with Gasteiger partial charge in [-0.05, 0) is 17.7 Å². The molecule has 0 radical (unpaired) electrons. The van der Waals surface area contributed by atoms with Crippen molar-refractivity contribution in [2.24, 2.45) is 0 Å². The van der Waals surface area contributed by atoms with E-state index in [1.54, 1.807) is 6.07 Å². The second-order valence-corrected chi connectivity index (χ2v) is 3.70. The van der Waals surface area contributed by atoms with Crippen LogP contribution in [-0.2, 0) is 10.1 Å². The first-order valence-electron chi connectivity index (χ1n) is 4.54. The molecule has 0 fully saturated rings. The molecule has 6 heteroatoms. The molecule has 0 amide bonds. The Balaban J connectivity index is 3.45.